The summed E-state index contributed by atoms with van der Waals surface area (Å²) in [4.78, 5) is 12.8. The van der Waals surface area contributed by atoms with E-state index in [2.05, 4.69) is 39.3 Å². The second kappa shape index (κ2) is 11.2. The minimum Gasteiger partial charge on any atom is -0.348 e. The molecule has 6 nitrogen and oxygen atoms in total. The number of nitrogens with zero attached hydrogens (tertiary/aromatic N) is 4. The van der Waals surface area contributed by atoms with Crippen LogP contribution < -0.4 is 11.1 Å². The molecule has 0 saturated carbocycles. The molecule has 2 aromatic carbocycles. The molecule has 37 heavy (non-hydrogen) atoms. The maximum atomic E-state index is 12.7. The first-order valence-electron chi connectivity index (χ1n) is 11.7. The maximum absolute atomic E-state index is 12.7. The van der Waals surface area contributed by atoms with Gasteiger partial charge in [0.05, 0.1) is 17.3 Å². The summed E-state index contributed by atoms with van der Waals surface area (Å²) in [6.07, 6.45) is 0.924. The number of hydrogen-bond donors (Lipinski definition) is 2. The highest BCUT2D eigenvalue weighted by Crippen LogP contribution is 2.32. The number of alkyl halides is 3. The summed E-state index contributed by atoms with van der Waals surface area (Å²) in [7, 11) is 0. The minimum absolute atomic E-state index is 0.211. The lowest BCUT2D eigenvalue weighted by atomic mass is 10.1. The number of halogens is 3. The monoisotopic (exact) mass is 504 g/mol. The van der Waals surface area contributed by atoms with Crippen LogP contribution in [0.2, 0.25) is 0 Å². The predicted molar refractivity (Wildman–Crippen MR) is 139 cm³/mol. The molecule has 0 aliphatic heterocycles. The van der Waals surface area contributed by atoms with E-state index < -0.39 is 11.7 Å². The van der Waals surface area contributed by atoms with Crippen molar-refractivity contribution < 1.29 is 13.2 Å². The summed E-state index contributed by atoms with van der Waals surface area (Å²) >= 11 is 0. The number of aromatic nitrogens is 4. The van der Waals surface area contributed by atoms with Crippen LogP contribution in [0.25, 0.3) is 16.9 Å². The minimum atomic E-state index is -4.36. The molecular weight excluding hydrogens is 477 g/mol. The number of fused-ring (bicyclic) bond motifs is 1. The summed E-state index contributed by atoms with van der Waals surface area (Å²) in [5.41, 5.74) is 9.61. The van der Waals surface area contributed by atoms with E-state index in [0.29, 0.717) is 29.4 Å². The number of benzene rings is 2. The first kappa shape index (κ1) is 25.8. The van der Waals surface area contributed by atoms with Gasteiger partial charge in [0, 0.05) is 36.4 Å². The molecule has 9 heteroatoms. The van der Waals surface area contributed by atoms with Gasteiger partial charge < -0.3 is 15.5 Å². The van der Waals surface area contributed by atoms with E-state index in [9.17, 15) is 13.2 Å². The van der Waals surface area contributed by atoms with Crippen LogP contribution in [0, 0.1) is 6.92 Å². The molecule has 0 radical (unpaired) electrons. The molecule has 0 saturated heterocycles. The van der Waals surface area contributed by atoms with Crippen LogP contribution in [0.4, 0.5) is 19.1 Å². The average molecular weight is 505 g/mol. The molecule has 1 atom stereocenters. The van der Waals surface area contributed by atoms with Crippen LogP contribution in [0.15, 0.2) is 91.4 Å². The molecule has 0 amide bonds. The lowest BCUT2D eigenvalue weighted by Crippen LogP contribution is -2.09. The number of anilines is 1. The van der Waals surface area contributed by atoms with Crippen molar-refractivity contribution >= 4 is 11.6 Å². The van der Waals surface area contributed by atoms with Crippen LogP contribution in [-0.4, -0.2) is 19.4 Å². The smallest absolute Gasteiger partial charge is 0.348 e. The molecule has 0 aliphatic carbocycles. The molecule has 0 unspecified atom stereocenters. The molecule has 5 aromatic rings. The largest absolute Gasteiger partial charge is 0.416 e. The van der Waals surface area contributed by atoms with Crippen LogP contribution >= 0.6 is 0 Å². The summed E-state index contributed by atoms with van der Waals surface area (Å²) in [5, 5.41) is 3.28. The summed E-state index contributed by atoms with van der Waals surface area (Å²) in [5.74, 6) is 0.677. The van der Waals surface area contributed by atoms with E-state index >= 15 is 0 Å². The number of rotatable bonds is 5. The fraction of sp³-hybridized carbons (Fsp3) is 0.179. The van der Waals surface area contributed by atoms with Crippen LogP contribution in [-0.2, 0) is 12.7 Å². The standard InChI is InChI=1S/C15H12F3N3.C13H15N3/c16-15(17,18)12-3-1-2-11(6-12)13-9-21-8-10(7-19)4-5-14(21)20-13;1-10-8-9-14-13(15-10)16-11(2)12-6-4-3-5-7-12/h1-6,8-9H,7,19H2;3-9,11H,1-2H3,(H,14,15,16)/t;11-/m.0/s1. The molecule has 0 spiro atoms. The molecule has 0 aliphatic rings. The molecular formula is C28H27F3N6. The SMILES string of the molecule is Cc1ccnc(N[C@@H](C)c2ccccc2)n1.NCc1ccc2nc(-c3cccc(C(F)(F)F)c3)cn2c1. The molecule has 3 N–H and O–H groups in total. The van der Waals surface area contributed by atoms with E-state index in [-0.39, 0.29) is 6.04 Å². The Morgan fingerprint density at radius 2 is 1.73 bits per heavy atom. The van der Waals surface area contributed by atoms with Crippen LogP contribution in [0.3, 0.4) is 0 Å². The van der Waals surface area contributed by atoms with Crippen molar-refractivity contribution in [3.63, 3.8) is 0 Å². The topological polar surface area (TPSA) is 81.1 Å². The number of aryl methyl sites for hydroxylation is 1. The fourth-order valence-electron chi connectivity index (χ4n) is 3.69. The van der Waals surface area contributed by atoms with Gasteiger partial charge in [0.15, 0.2) is 0 Å². The molecule has 0 bridgehead atoms. The van der Waals surface area contributed by atoms with E-state index in [1.165, 1.54) is 11.6 Å². The molecule has 3 aromatic heterocycles. The average Bonchev–Trinajstić information content (AvgIpc) is 3.33. The van der Waals surface area contributed by atoms with Crippen molar-refractivity contribution in [3.05, 3.63) is 114 Å². The van der Waals surface area contributed by atoms with Crippen molar-refractivity contribution in [3.8, 4) is 11.3 Å². The van der Waals surface area contributed by atoms with Gasteiger partial charge in [0.2, 0.25) is 5.95 Å². The highest BCUT2D eigenvalue weighted by atomic mass is 19.4. The Kier molecular flexibility index (Phi) is 7.83. The van der Waals surface area contributed by atoms with Gasteiger partial charge in [-0.05, 0) is 49.2 Å². The van der Waals surface area contributed by atoms with Gasteiger partial charge >= 0.3 is 6.18 Å². The van der Waals surface area contributed by atoms with Crippen molar-refractivity contribution in [1.29, 1.82) is 0 Å². The van der Waals surface area contributed by atoms with Crippen molar-refractivity contribution in [2.45, 2.75) is 32.6 Å². The molecule has 190 valence electrons. The number of nitrogens with two attached hydrogens (primary N) is 1. The molecule has 3 heterocycles. The summed E-state index contributed by atoms with van der Waals surface area (Å²) in [6, 6.07) is 21.1. The fourth-order valence-corrected chi connectivity index (χ4v) is 3.69. The lowest BCUT2D eigenvalue weighted by Gasteiger charge is -2.13. The third-order valence-corrected chi connectivity index (χ3v) is 5.67. The highest BCUT2D eigenvalue weighted by molar-refractivity contribution is 5.63. The van der Waals surface area contributed by atoms with E-state index in [0.717, 1.165) is 23.4 Å². The second-order valence-electron chi connectivity index (χ2n) is 8.51. The van der Waals surface area contributed by atoms with Gasteiger partial charge in [-0.1, -0.05) is 48.5 Å². The van der Waals surface area contributed by atoms with Crippen molar-refractivity contribution in [1.82, 2.24) is 19.4 Å². The Balaban J connectivity index is 0.000000180. The van der Waals surface area contributed by atoms with Gasteiger partial charge in [0.25, 0.3) is 0 Å². The summed E-state index contributed by atoms with van der Waals surface area (Å²) in [6.45, 7) is 4.45. The number of hydrogen-bond acceptors (Lipinski definition) is 5. The third kappa shape index (κ3) is 6.71. The van der Waals surface area contributed by atoms with E-state index in [1.54, 1.807) is 28.9 Å². The van der Waals surface area contributed by atoms with Gasteiger partial charge in [-0.2, -0.15) is 13.2 Å². The molecule has 5 rings (SSSR count). The quantitative estimate of drug-likeness (QED) is 0.288. The Morgan fingerprint density at radius 3 is 2.43 bits per heavy atom. The number of imidazole rings is 1. The molecule has 0 fully saturated rings. The summed E-state index contributed by atoms with van der Waals surface area (Å²) < 4.78 is 40.0. The van der Waals surface area contributed by atoms with Crippen LogP contribution in [0.1, 0.15) is 35.3 Å². The Bertz CT molecular complexity index is 1460. The van der Waals surface area contributed by atoms with Crippen molar-refractivity contribution in [2.24, 2.45) is 5.73 Å². The number of pyridine rings is 1. The Labute approximate surface area is 213 Å². The number of nitrogens with one attached hydrogen (secondary N) is 1. The zero-order chi connectivity index (χ0) is 26.4. The Hall–Kier alpha value is -4.24. The second-order valence-corrected chi connectivity index (χ2v) is 8.51. The Morgan fingerprint density at radius 1 is 0.946 bits per heavy atom. The zero-order valence-corrected chi connectivity index (χ0v) is 20.4. The van der Waals surface area contributed by atoms with Crippen molar-refractivity contribution in [2.75, 3.05) is 5.32 Å². The first-order valence-corrected chi connectivity index (χ1v) is 11.7. The van der Waals surface area contributed by atoms with Gasteiger partial charge in [0.1, 0.15) is 5.65 Å². The van der Waals surface area contributed by atoms with E-state index in [4.69, 9.17) is 5.73 Å². The first-order chi connectivity index (χ1) is 17.7. The highest BCUT2D eigenvalue weighted by Gasteiger charge is 2.30. The zero-order valence-electron chi connectivity index (χ0n) is 20.4. The third-order valence-electron chi connectivity index (χ3n) is 5.67. The predicted octanol–water partition coefficient (Wildman–Crippen LogP) is 6.44. The van der Waals surface area contributed by atoms with Gasteiger partial charge in [-0.3, -0.25) is 0 Å². The lowest BCUT2D eigenvalue weighted by molar-refractivity contribution is -0.137. The normalized spacial score (nSPS) is 12.1. The maximum Gasteiger partial charge on any atom is 0.416 e. The van der Waals surface area contributed by atoms with Crippen LogP contribution in [0.5, 0.6) is 0 Å². The van der Waals surface area contributed by atoms with E-state index in [1.807, 2.05) is 43.5 Å². The van der Waals surface area contributed by atoms with Gasteiger partial charge in [-0.25, -0.2) is 15.0 Å². The van der Waals surface area contributed by atoms with Gasteiger partial charge in [-0.15, -0.1) is 0 Å².